The zero-order valence-electron chi connectivity index (χ0n) is 21.6. The fourth-order valence-electron chi connectivity index (χ4n) is 4.28. The number of carbonyl (C=O) groups is 2. The van der Waals surface area contributed by atoms with Gasteiger partial charge in [-0.3, -0.25) is 9.59 Å². The third kappa shape index (κ3) is 10.2. The van der Waals surface area contributed by atoms with Crippen LogP contribution in [-0.4, -0.2) is 36.4 Å². The van der Waals surface area contributed by atoms with E-state index in [1.165, 1.54) is 0 Å². The predicted molar refractivity (Wildman–Crippen MR) is 138 cm³/mol. The predicted octanol–water partition coefficient (Wildman–Crippen LogP) is 4.92. The molecule has 2 aromatic carbocycles. The summed E-state index contributed by atoms with van der Waals surface area (Å²) in [5.41, 5.74) is 13.4. The van der Waals surface area contributed by atoms with Crippen molar-refractivity contribution in [1.82, 2.24) is 0 Å². The molecular weight excluding hydrogens is 462 g/mol. The Morgan fingerprint density at radius 3 is 2.31 bits per heavy atom. The molecule has 0 amide bonds. The molecule has 0 aliphatic rings. The molecule has 2 aromatic rings. The van der Waals surface area contributed by atoms with Crippen LogP contribution in [0.25, 0.3) is 0 Å². The average molecular weight is 503 g/mol. The molecule has 0 fully saturated rings. The summed E-state index contributed by atoms with van der Waals surface area (Å²) in [6.07, 6.45) is 1.87. The second kappa shape index (κ2) is 14.3. The third-order valence-corrected chi connectivity index (χ3v) is 6.48. The quantitative estimate of drug-likeness (QED) is 0.340. The van der Waals surface area contributed by atoms with Crippen molar-refractivity contribution >= 4 is 11.6 Å². The summed E-state index contributed by atoms with van der Waals surface area (Å²) in [7, 11) is 0. The molecular formula is C29H40F2N2O3. The Morgan fingerprint density at radius 2 is 1.64 bits per heavy atom. The first-order chi connectivity index (χ1) is 17.0. The average Bonchev–Trinajstić information content (AvgIpc) is 2.82. The molecule has 5 nitrogen and oxygen atoms in total. The summed E-state index contributed by atoms with van der Waals surface area (Å²) >= 11 is 0. The lowest BCUT2D eigenvalue weighted by Gasteiger charge is -2.27. The molecule has 3 atom stereocenters. The van der Waals surface area contributed by atoms with E-state index in [0.717, 1.165) is 23.8 Å². The number of nitrogens with two attached hydrogens (primary N) is 2. The second-order valence-corrected chi connectivity index (χ2v) is 10.3. The van der Waals surface area contributed by atoms with Gasteiger partial charge in [-0.1, -0.05) is 44.2 Å². The molecule has 2 rings (SSSR count). The van der Waals surface area contributed by atoms with Gasteiger partial charge in [-0.2, -0.15) is 0 Å². The Bertz CT molecular complexity index is 982. The van der Waals surface area contributed by atoms with Gasteiger partial charge >= 0.3 is 0 Å². The van der Waals surface area contributed by atoms with Crippen molar-refractivity contribution in [2.75, 3.05) is 6.61 Å². The normalized spacial score (nSPS) is 14.3. The van der Waals surface area contributed by atoms with Crippen LogP contribution in [0, 0.1) is 17.0 Å². The van der Waals surface area contributed by atoms with E-state index in [0.29, 0.717) is 38.7 Å². The number of hydrogen-bond donors (Lipinski definition) is 2. The molecule has 0 saturated heterocycles. The van der Waals surface area contributed by atoms with E-state index in [1.54, 1.807) is 0 Å². The zero-order chi connectivity index (χ0) is 26.7. The number of Topliss-reactive ketones (excluding diaryl/α,β-unsaturated/α-hetero) is 2. The van der Waals surface area contributed by atoms with Crippen LogP contribution in [0.15, 0.2) is 48.5 Å². The van der Waals surface area contributed by atoms with Crippen LogP contribution in [0.3, 0.4) is 0 Å². The monoisotopic (exact) mass is 502 g/mol. The first-order valence-corrected chi connectivity index (χ1v) is 12.7. The highest BCUT2D eigenvalue weighted by atomic mass is 19.1. The number of benzene rings is 2. The van der Waals surface area contributed by atoms with Crippen LogP contribution in [0.4, 0.5) is 8.78 Å². The van der Waals surface area contributed by atoms with Gasteiger partial charge in [0.05, 0.1) is 0 Å². The first-order valence-electron chi connectivity index (χ1n) is 12.7. The Hall–Kier alpha value is -2.48. The standard InChI is InChI=1S/C29H40F2N2O3/c1-4-36-28(26(33)16-20-8-6-5-7-9-20)27(35)13-15-29(2,3)14-12-24(34)19-23(32)18-21-17-22(30)10-11-25(21)31/h5-11,17,23,26,28H,4,12-16,18-19,32-33H2,1-3H3. The summed E-state index contributed by atoms with van der Waals surface area (Å²) in [5, 5.41) is 0. The number of halogens is 2. The van der Waals surface area contributed by atoms with Gasteiger partial charge in [0.25, 0.3) is 0 Å². The number of ether oxygens (including phenoxy) is 1. The molecule has 36 heavy (non-hydrogen) atoms. The van der Waals surface area contributed by atoms with Crippen molar-refractivity contribution in [3.63, 3.8) is 0 Å². The Kier molecular flexibility index (Phi) is 11.8. The smallest absolute Gasteiger partial charge is 0.163 e. The van der Waals surface area contributed by atoms with E-state index in [4.69, 9.17) is 16.2 Å². The van der Waals surface area contributed by atoms with Crippen LogP contribution >= 0.6 is 0 Å². The van der Waals surface area contributed by atoms with E-state index in [-0.39, 0.29) is 35.4 Å². The van der Waals surface area contributed by atoms with Crippen LogP contribution < -0.4 is 11.5 Å². The van der Waals surface area contributed by atoms with Gasteiger partial charge in [0.15, 0.2) is 5.78 Å². The third-order valence-electron chi connectivity index (χ3n) is 6.48. The van der Waals surface area contributed by atoms with Gasteiger partial charge in [0.1, 0.15) is 23.5 Å². The molecule has 0 heterocycles. The van der Waals surface area contributed by atoms with Crippen molar-refractivity contribution in [1.29, 1.82) is 0 Å². The molecule has 0 radical (unpaired) electrons. The largest absolute Gasteiger partial charge is 0.369 e. The van der Waals surface area contributed by atoms with Crippen LogP contribution in [0.2, 0.25) is 0 Å². The molecule has 0 aromatic heterocycles. The summed E-state index contributed by atoms with van der Waals surface area (Å²) in [6, 6.07) is 12.0. The minimum atomic E-state index is -0.672. The van der Waals surface area contributed by atoms with Crippen LogP contribution in [-0.2, 0) is 27.2 Å². The molecule has 3 unspecified atom stereocenters. The number of ketones is 2. The minimum absolute atomic E-state index is 0.0289. The summed E-state index contributed by atoms with van der Waals surface area (Å²) in [6.45, 7) is 6.29. The highest BCUT2D eigenvalue weighted by Gasteiger charge is 2.28. The lowest BCUT2D eigenvalue weighted by Crippen LogP contribution is -2.44. The van der Waals surface area contributed by atoms with E-state index >= 15 is 0 Å². The van der Waals surface area contributed by atoms with Gasteiger partial charge in [0.2, 0.25) is 0 Å². The van der Waals surface area contributed by atoms with Crippen molar-refractivity contribution < 1.29 is 23.1 Å². The molecule has 0 spiro atoms. The first kappa shape index (κ1) is 29.7. The Morgan fingerprint density at radius 1 is 0.972 bits per heavy atom. The fourth-order valence-corrected chi connectivity index (χ4v) is 4.28. The van der Waals surface area contributed by atoms with Gasteiger partial charge in [0, 0.05) is 38.0 Å². The van der Waals surface area contributed by atoms with Gasteiger partial charge in [-0.15, -0.1) is 0 Å². The molecule has 0 saturated carbocycles. The maximum absolute atomic E-state index is 13.8. The molecule has 7 heteroatoms. The summed E-state index contributed by atoms with van der Waals surface area (Å²) in [5.74, 6) is -1.12. The SMILES string of the molecule is CCOC(C(=O)CCC(C)(C)CCC(=O)CC(N)Cc1cc(F)ccc1F)C(N)Cc1ccccc1. The van der Waals surface area contributed by atoms with Crippen molar-refractivity contribution in [3.05, 3.63) is 71.3 Å². The van der Waals surface area contributed by atoms with Crippen LogP contribution in [0.5, 0.6) is 0 Å². The highest BCUT2D eigenvalue weighted by molar-refractivity contribution is 5.84. The molecule has 0 aliphatic carbocycles. The molecule has 4 N–H and O–H groups in total. The number of rotatable bonds is 16. The minimum Gasteiger partial charge on any atom is -0.369 e. The Balaban J connectivity index is 1.81. The topological polar surface area (TPSA) is 95.4 Å². The highest BCUT2D eigenvalue weighted by Crippen LogP contribution is 2.29. The lowest BCUT2D eigenvalue weighted by atomic mass is 9.80. The summed E-state index contributed by atoms with van der Waals surface area (Å²) in [4.78, 5) is 25.5. The Labute approximate surface area is 213 Å². The van der Waals surface area contributed by atoms with Crippen LogP contribution in [0.1, 0.15) is 64.0 Å². The van der Waals surface area contributed by atoms with Gasteiger partial charge < -0.3 is 16.2 Å². The van der Waals surface area contributed by atoms with Crippen molar-refractivity contribution in [2.24, 2.45) is 16.9 Å². The maximum atomic E-state index is 13.8. The fraction of sp³-hybridized carbons (Fsp3) is 0.517. The number of hydrogen-bond acceptors (Lipinski definition) is 5. The molecule has 0 bridgehead atoms. The lowest BCUT2D eigenvalue weighted by molar-refractivity contribution is -0.132. The molecule has 198 valence electrons. The molecule has 0 aliphatic heterocycles. The second-order valence-electron chi connectivity index (χ2n) is 10.3. The maximum Gasteiger partial charge on any atom is 0.163 e. The van der Waals surface area contributed by atoms with E-state index < -0.39 is 29.8 Å². The van der Waals surface area contributed by atoms with E-state index in [2.05, 4.69) is 0 Å². The van der Waals surface area contributed by atoms with Crippen molar-refractivity contribution in [3.8, 4) is 0 Å². The number of carbonyl (C=O) groups excluding carboxylic acids is 2. The van der Waals surface area contributed by atoms with E-state index in [1.807, 2.05) is 51.1 Å². The van der Waals surface area contributed by atoms with Crippen molar-refractivity contribution in [2.45, 2.75) is 83.9 Å². The van der Waals surface area contributed by atoms with Gasteiger partial charge in [-0.05, 0) is 67.3 Å². The zero-order valence-corrected chi connectivity index (χ0v) is 21.6. The summed E-state index contributed by atoms with van der Waals surface area (Å²) < 4.78 is 32.9. The van der Waals surface area contributed by atoms with Gasteiger partial charge in [-0.25, -0.2) is 8.78 Å². The van der Waals surface area contributed by atoms with E-state index in [9.17, 15) is 18.4 Å².